The minimum absolute atomic E-state index is 0.207. The Bertz CT molecular complexity index is 609. The molecule has 0 atom stereocenters. The van der Waals surface area contributed by atoms with Crippen LogP contribution in [0, 0.1) is 5.92 Å². The quantitative estimate of drug-likeness (QED) is 0.798. The van der Waals surface area contributed by atoms with Crippen molar-refractivity contribution in [3.8, 4) is 0 Å². The first-order valence-corrected chi connectivity index (χ1v) is 8.24. The molecule has 2 amide bonds. The highest BCUT2D eigenvalue weighted by atomic mass is 16.4. The summed E-state index contributed by atoms with van der Waals surface area (Å²) in [6.07, 6.45) is 5.03. The molecule has 1 heterocycles. The first-order valence-electron chi connectivity index (χ1n) is 8.24. The van der Waals surface area contributed by atoms with Crippen molar-refractivity contribution in [3.05, 3.63) is 23.8 Å². The summed E-state index contributed by atoms with van der Waals surface area (Å²) < 4.78 is 0. The number of aliphatic carboxylic acids is 1. The lowest BCUT2D eigenvalue weighted by Crippen LogP contribution is -2.39. The molecule has 3 rings (SSSR count). The van der Waals surface area contributed by atoms with Gasteiger partial charge in [0.2, 0.25) is 0 Å². The average molecular weight is 317 g/mol. The number of hydrogen-bond acceptors (Lipinski definition) is 3. The van der Waals surface area contributed by atoms with Gasteiger partial charge in [0.1, 0.15) is 0 Å². The van der Waals surface area contributed by atoms with Crippen LogP contribution < -0.4 is 16.0 Å². The van der Waals surface area contributed by atoms with Crippen LogP contribution >= 0.6 is 0 Å². The van der Waals surface area contributed by atoms with E-state index in [4.69, 9.17) is 10.8 Å². The summed E-state index contributed by atoms with van der Waals surface area (Å²) >= 11 is 0. The van der Waals surface area contributed by atoms with E-state index in [-0.39, 0.29) is 12.0 Å². The van der Waals surface area contributed by atoms with Crippen LogP contribution in [0.2, 0.25) is 0 Å². The van der Waals surface area contributed by atoms with Crippen molar-refractivity contribution in [3.63, 3.8) is 0 Å². The molecule has 1 aromatic carbocycles. The van der Waals surface area contributed by atoms with Gasteiger partial charge in [-0.05, 0) is 56.2 Å². The van der Waals surface area contributed by atoms with Crippen molar-refractivity contribution >= 4 is 23.4 Å². The first-order chi connectivity index (χ1) is 11.0. The normalized spacial score (nSPS) is 23.9. The van der Waals surface area contributed by atoms with Crippen molar-refractivity contribution in [1.29, 1.82) is 0 Å². The van der Waals surface area contributed by atoms with Crippen LogP contribution in [-0.2, 0) is 11.2 Å². The summed E-state index contributed by atoms with van der Waals surface area (Å²) in [5.41, 5.74) is 8.48. The number of primary amides is 1. The SMILES string of the molecule is NC(=O)N1CCCc2ccc(NC3CCC(C(=O)O)CC3)cc21. The third-order valence-electron chi connectivity index (χ3n) is 4.92. The van der Waals surface area contributed by atoms with Gasteiger partial charge in [0.05, 0.1) is 11.6 Å². The van der Waals surface area contributed by atoms with Crippen molar-refractivity contribution in [1.82, 2.24) is 0 Å². The fraction of sp³-hybridized carbons (Fsp3) is 0.529. The van der Waals surface area contributed by atoms with Crippen molar-refractivity contribution in [2.75, 3.05) is 16.8 Å². The Balaban J connectivity index is 1.69. The number of carboxylic acids is 1. The standard InChI is InChI=1S/C17H23N3O3/c18-17(23)20-9-1-2-11-3-8-14(10-15(11)20)19-13-6-4-12(5-7-13)16(21)22/h3,8,10,12-13,19H,1-2,4-7,9H2,(H2,18,23)(H,21,22). The van der Waals surface area contributed by atoms with E-state index < -0.39 is 12.0 Å². The molecule has 4 N–H and O–H groups in total. The van der Waals surface area contributed by atoms with E-state index in [0.717, 1.165) is 42.6 Å². The molecular formula is C17H23N3O3. The average Bonchev–Trinajstić information content (AvgIpc) is 2.54. The number of fused-ring (bicyclic) bond motifs is 1. The molecule has 2 aliphatic rings. The van der Waals surface area contributed by atoms with Gasteiger partial charge in [0.15, 0.2) is 0 Å². The zero-order valence-electron chi connectivity index (χ0n) is 13.1. The van der Waals surface area contributed by atoms with Crippen LogP contribution in [-0.4, -0.2) is 29.7 Å². The summed E-state index contributed by atoms with van der Waals surface area (Å²) in [7, 11) is 0. The lowest BCUT2D eigenvalue weighted by molar-refractivity contribution is -0.142. The third kappa shape index (κ3) is 3.41. The van der Waals surface area contributed by atoms with E-state index in [1.165, 1.54) is 0 Å². The Kier molecular flexibility index (Phi) is 4.41. The summed E-state index contributed by atoms with van der Waals surface area (Å²) in [6.45, 7) is 0.662. The maximum absolute atomic E-state index is 11.6. The number of aryl methyl sites for hydroxylation is 1. The highest BCUT2D eigenvalue weighted by Gasteiger charge is 2.26. The second-order valence-corrected chi connectivity index (χ2v) is 6.47. The van der Waals surface area contributed by atoms with E-state index in [1.807, 2.05) is 12.1 Å². The Morgan fingerprint density at radius 2 is 1.96 bits per heavy atom. The fourth-order valence-corrected chi connectivity index (χ4v) is 3.61. The number of benzene rings is 1. The Labute approximate surface area is 135 Å². The monoisotopic (exact) mass is 317 g/mol. The molecule has 6 nitrogen and oxygen atoms in total. The van der Waals surface area contributed by atoms with Crippen LogP contribution in [0.25, 0.3) is 0 Å². The van der Waals surface area contributed by atoms with E-state index >= 15 is 0 Å². The molecule has 1 aromatic rings. The summed E-state index contributed by atoms with van der Waals surface area (Å²) in [5, 5.41) is 12.5. The predicted molar refractivity (Wildman–Crippen MR) is 88.7 cm³/mol. The Hall–Kier alpha value is -2.24. The van der Waals surface area contributed by atoms with E-state index in [2.05, 4.69) is 11.4 Å². The smallest absolute Gasteiger partial charge is 0.319 e. The van der Waals surface area contributed by atoms with Crippen LogP contribution in [0.5, 0.6) is 0 Å². The third-order valence-corrected chi connectivity index (χ3v) is 4.92. The summed E-state index contributed by atoms with van der Waals surface area (Å²) in [5.74, 6) is -0.892. The number of hydrogen-bond donors (Lipinski definition) is 3. The number of rotatable bonds is 3. The van der Waals surface area contributed by atoms with Crippen molar-refractivity contribution in [2.45, 2.75) is 44.6 Å². The van der Waals surface area contributed by atoms with Crippen LogP contribution in [0.1, 0.15) is 37.7 Å². The number of carboxylic acid groups (broad SMARTS) is 1. The van der Waals surface area contributed by atoms with Gasteiger partial charge in [-0.1, -0.05) is 6.07 Å². The number of amides is 2. The number of anilines is 2. The molecule has 0 unspecified atom stereocenters. The number of carbonyl (C=O) groups excluding carboxylic acids is 1. The fourth-order valence-electron chi connectivity index (χ4n) is 3.61. The number of nitrogens with zero attached hydrogens (tertiary/aromatic N) is 1. The maximum Gasteiger partial charge on any atom is 0.319 e. The van der Waals surface area contributed by atoms with Crippen molar-refractivity contribution < 1.29 is 14.7 Å². The zero-order valence-corrected chi connectivity index (χ0v) is 13.1. The molecule has 0 saturated heterocycles. The van der Waals surface area contributed by atoms with Gasteiger partial charge in [0, 0.05) is 18.3 Å². The molecule has 1 aliphatic heterocycles. The Morgan fingerprint density at radius 3 is 2.61 bits per heavy atom. The van der Waals surface area contributed by atoms with Crippen molar-refractivity contribution in [2.24, 2.45) is 11.7 Å². The molecule has 1 fully saturated rings. The van der Waals surface area contributed by atoms with Crippen LogP contribution in [0.15, 0.2) is 18.2 Å². The lowest BCUT2D eigenvalue weighted by Gasteiger charge is -2.30. The predicted octanol–water partition coefficient (Wildman–Crippen LogP) is 2.57. The zero-order chi connectivity index (χ0) is 16.4. The number of urea groups is 1. The minimum Gasteiger partial charge on any atom is -0.481 e. The molecule has 0 bridgehead atoms. The van der Waals surface area contributed by atoms with E-state index in [1.54, 1.807) is 4.90 Å². The van der Waals surface area contributed by atoms with E-state index in [0.29, 0.717) is 19.4 Å². The number of nitrogens with two attached hydrogens (primary N) is 1. The molecule has 1 saturated carbocycles. The maximum atomic E-state index is 11.6. The highest BCUT2D eigenvalue weighted by molar-refractivity contribution is 5.92. The van der Waals surface area contributed by atoms with Gasteiger partial charge in [-0.3, -0.25) is 9.69 Å². The topological polar surface area (TPSA) is 95.7 Å². The summed E-state index contributed by atoms with van der Waals surface area (Å²) in [6, 6.07) is 5.95. The molecular weight excluding hydrogens is 294 g/mol. The molecule has 124 valence electrons. The highest BCUT2D eigenvalue weighted by Crippen LogP contribution is 2.32. The second-order valence-electron chi connectivity index (χ2n) is 6.47. The minimum atomic E-state index is -0.686. The number of carbonyl (C=O) groups is 2. The molecule has 1 aliphatic carbocycles. The summed E-state index contributed by atoms with van der Waals surface area (Å²) in [4.78, 5) is 24.2. The largest absolute Gasteiger partial charge is 0.481 e. The molecule has 0 spiro atoms. The van der Waals surface area contributed by atoms with Gasteiger partial charge in [-0.25, -0.2) is 4.79 Å². The molecule has 0 radical (unpaired) electrons. The van der Waals surface area contributed by atoms with Gasteiger partial charge in [-0.2, -0.15) is 0 Å². The van der Waals surface area contributed by atoms with Gasteiger partial charge < -0.3 is 16.2 Å². The Morgan fingerprint density at radius 1 is 1.22 bits per heavy atom. The second kappa shape index (κ2) is 6.48. The van der Waals surface area contributed by atoms with E-state index in [9.17, 15) is 9.59 Å². The molecule has 6 heteroatoms. The van der Waals surface area contributed by atoms with Crippen LogP contribution in [0.4, 0.5) is 16.2 Å². The molecule has 23 heavy (non-hydrogen) atoms. The lowest BCUT2D eigenvalue weighted by atomic mass is 9.86. The number of nitrogens with one attached hydrogen (secondary N) is 1. The van der Waals surface area contributed by atoms with Gasteiger partial charge in [-0.15, -0.1) is 0 Å². The van der Waals surface area contributed by atoms with Crippen LogP contribution in [0.3, 0.4) is 0 Å². The van der Waals surface area contributed by atoms with Gasteiger partial charge >= 0.3 is 12.0 Å². The first kappa shape index (κ1) is 15.6. The molecule has 0 aromatic heterocycles. The van der Waals surface area contributed by atoms with Gasteiger partial charge in [0.25, 0.3) is 0 Å².